The Labute approximate surface area is 111 Å². The maximum absolute atomic E-state index is 12.4. The van der Waals surface area contributed by atoms with E-state index >= 15 is 0 Å². The van der Waals surface area contributed by atoms with Crippen molar-refractivity contribution < 1.29 is 41.0 Å². The third kappa shape index (κ3) is 5.54. The second-order valence-electron chi connectivity index (χ2n) is 3.83. The molecule has 0 aromatic heterocycles. The summed E-state index contributed by atoms with van der Waals surface area (Å²) < 4.78 is 68.6. The minimum Gasteiger partial charge on any atom is -0.462 e. The number of carbonyl (C=O) groups is 2. The van der Waals surface area contributed by atoms with Crippen LogP contribution in [-0.4, -0.2) is 37.3 Å². The fraction of sp³-hybridized carbons (Fsp3) is 0.636. The fourth-order valence-electron chi connectivity index (χ4n) is 0.863. The summed E-state index contributed by atoms with van der Waals surface area (Å²) in [6, 6.07) is 0. The molecule has 0 rings (SSSR count). The number of esters is 2. The molecular weight excluding hydrogens is 291 g/mol. The van der Waals surface area contributed by atoms with Crippen molar-refractivity contribution in [1.82, 2.24) is 0 Å². The maximum Gasteiger partial charge on any atom is 0.465 e. The summed E-state index contributed by atoms with van der Waals surface area (Å²) in [5, 5.41) is 0. The van der Waals surface area contributed by atoms with Gasteiger partial charge in [0.1, 0.15) is 0 Å². The second kappa shape index (κ2) is 7.20. The van der Waals surface area contributed by atoms with Crippen LogP contribution in [0.15, 0.2) is 12.2 Å². The van der Waals surface area contributed by atoms with Gasteiger partial charge >= 0.3 is 24.0 Å². The number of rotatable bonds is 7. The van der Waals surface area contributed by atoms with Crippen molar-refractivity contribution in [2.24, 2.45) is 0 Å². The van der Waals surface area contributed by atoms with Gasteiger partial charge in [-0.05, 0) is 19.8 Å². The third-order valence-corrected chi connectivity index (χ3v) is 1.97. The zero-order valence-corrected chi connectivity index (χ0v) is 10.6. The molecule has 0 unspecified atom stereocenters. The lowest BCUT2D eigenvalue weighted by molar-refractivity contribution is -0.280. The summed E-state index contributed by atoms with van der Waals surface area (Å²) in [6.07, 6.45) is -5.87. The van der Waals surface area contributed by atoms with E-state index in [-0.39, 0.29) is 25.0 Å². The van der Waals surface area contributed by atoms with Crippen molar-refractivity contribution in [3.05, 3.63) is 12.2 Å². The SMILES string of the molecule is C=C(C)C(=O)OCCCCOC(=O)C(F)(F)C(F)(F)F. The van der Waals surface area contributed by atoms with Gasteiger partial charge in [-0.2, -0.15) is 22.0 Å². The first-order chi connectivity index (χ1) is 9.00. The van der Waals surface area contributed by atoms with Gasteiger partial charge in [0.15, 0.2) is 0 Å². The van der Waals surface area contributed by atoms with Gasteiger partial charge in [0.25, 0.3) is 0 Å². The molecule has 0 heterocycles. The normalized spacial score (nSPS) is 11.9. The van der Waals surface area contributed by atoms with E-state index in [0.29, 0.717) is 0 Å². The summed E-state index contributed by atoms with van der Waals surface area (Å²) >= 11 is 0. The van der Waals surface area contributed by atoms with Gasteiger partial charge < -0.3 is 9.47 Å². The Morgan fingerprint density at radius 3 is 1.85 bits per heavy atom. The molecule has 4 nitrogen and oxygen atoms in total. The van der Waals surface area contributed by atoms with Crippen LogP contribution in [0.4, 0.5) is 22.0 Å². The van der Waals surface area contributed by atoms with Crippen molar-refractivity contribution in [2.75, 3.05) is 13.2 Å². The van der Waals surface area contributed by atoms with Gasteiger partial charge in [-0.1, -0.05) is 6.58 Å². The molecule has 0 spiro atoms. The van der Waals surface area contributed by atoms with Crippen molar-refractivity contribution in [2.45, 2.75) is 31.9 Å². The quantitative estimate of drug-likeness (QED) is 0.314. The highest BCUT2D eigenvalue weighted by atomic mass is 19.4. The third-order valence-electron chi connectivity index (χ3n) is 1.97. The maximum atomic E-state index is 12.4. The van der Waals surface area contributed by atoms with Crippen LogP contribution in [0.25, 0.3) is 0 Å². The smallest absolute Gasteiger partial charge is 0.462 e. The van der Waals surface area contributed by atoms with E-state index in [0.717, 1.165) is 0 Å². The average Bonchev–Trinajstić information content (AvgIpc) is 2.31. The minimum absolute atomic E-state index is 0.0247. The highest BCUT2D eigenvalue weighted by Crippen LogP contribution is 2.36. The molecule has 0 bridgehead atoms. The Bertz CT molecular complexity index is 375. The Balaban J connectivity index is 3.89. The Morgan fingerprint density at radius 2 is 1.45 bits per heavy atom. The van der Waals surface area contributed by atoms with Crippen molar-refractivity contribution in [3.63, 3.8) is 0 Å². The van der Waals surface area contributed by atoms with Crippen molar-refractivity contribution in [3.8, 4) is 0 Å². The summed E-state index contributed by atoms with van der Waals surface area (Å²) in [7, 11) is 0. The van der Waals surface area contributed by atoms with Crippen LogP contribution in [0.3, 0.4) is 0 Å². The van der Waals surface area contributed by atoms with Crippen LogP contribution in [0.5, 0.6) is 0 Å². The molecule has 0 amide bonds. The van der Waals surface area contributed by atoms with E-state index in [9.17, 15) is 31.5 Å². The Hall–Kier alpha value is -1.67. The lowest BCUT2D eigenvalue weighted by Gasteiger charge is -2.17. The number of halogens is 5. The number of ether oxygens (including phenoxy) is 2. The summed E-state index contributed by atoms with van der Waals surface area (Å²) in [6.45, 7) is 4.02. The fourth-order valence-corrected chi connectivity index (χ4v) is 0.863. The topological polar surface area (TPSA) is 52.6 Å². The first-order valence-electron chi connectivity index (χ1n) is 5.44. The molecular formula is C11H13F5O4. The predicted octanol–water partition coefficient (Wildman–Crippen LogP) is 2.63. The van der Waals surface area contributed by atoms with Gasteiger partial charge in [0.2, 0.25) is 0 Å². The summed E-state index contributed by atoms with van der Waals surface area (Å²) in [4.78, 5) is 21.4. The highest BCUT2D eigenvalue weighted by Gasteiger charge is 2.64. The lowest BCUT2D eigenvalue weighted by atomic mass is 10.3. The molecule has 0 atom stereocenters. The van der Waals surface area contributed by atoms with Gasteiger partial charge in [0.05, 0.1) is 13.2 Å². The molecule has 0 saturated carbocycles. The molecule has 0 aliphatic rings. The zero-order chi connectivity index (χ0) is 16.0. The van der Waals surface area contributed by atoms with E-state index in [1.807, 2.05) is 0 Å². The number of hydrogen-bond acceptors (Lipinski definition) is 4. The number of carbonyl (C=O) groups excluding carboxylic acids is 2. The molecule has 0 aliphatic carbocycles. The van der Waals surface area contributed by atoms with E-state index in [2.05, 4.69) is 16.1 Å². The van der Waals surface area contributed by atoms with Crippen LogP contribution in [-0.2, 0) is 19.1 Å². The van der Waals surface area contributed by atoms with Crippen molar-refractivity contribution >= 4 is 11.9 Å². The first kappa shape index (κ1) is 18.3. The van der Waals surface area contributed by atoms with Gasteiger partial charge in [-0.25, -0.2) is 9.59 Å². The molecule has 0 fully saturated rings. The van der Waals surface area contributed by atoms with Crippen LogP contribution in [0.1, 0.15) is 19.8 Å². The molecule has 0 saturated heterocycles. The van der Waals surface area contributed by atoms with Crippen LogP contribution >= 0.6 is 0 Å². The highest BCUT2D eigenvalue weighted by molar-refractivity contribution is 5.86. The standard InChI is InChI=1S/C11H13F5O4/c1-7(2)8(17)19-5-3-4-6-20-9(18)10(12,13)11(14,15)16/h1,3-6H2,2H3. The van der Waals surface area contributed by atoms with E-state index in [1.54, 1.807) is 0 Å². The lowest BCUT2D eigenvalue weighted by Crippen LogP contribution is -2.45. The molecule has 0 aliphatic heterocycles. The molecule has 0 aromatic rings. The Kier molecular flexibility index (Phi) is 6.60. The van der Waals surface area contributed by atoms with Crippen LogP contribution in [0.2, 0.25) is 0 Å². The van der Waals surface area contributed by atoms with Gasteiger partial charge in [0, 0.05) is 5.57 Å². The molecule has 116 valence electrons. The number of alkyl halides is 5. The molecule has 20 heavy (non-hydrogen) atoms. The van der Waals surface area contributed by atoms with Crippen molar-refractivity contribution in [1.29, 1.82) is 0 Å². The molecule has 0 aromatic carbocycles. The predicted molar refractivity (Wildman–Crippen MR) is 57.0 cm³/mol. The Morgan fingerprint density at radius 1 is 1.00 bits per heavy atom. The molecule has 9 heteroatoms. The van der Waals surface area contributed by atoms with Crippen LogP contribution in [0, 0.1) is 0 Å². The monoisotopic (exact) mass is 304 g/mol. The molecule has 0 radical (unpaired) electrons. The molecule has 0 N–H and O–H groups in total. The van der Waals surface area contributed by atoms with E-state index in [4.69, 9.17) is 0 Å². The largest absolute Gasteiger partial charge is 0.465 e. The summed E-state index contributed by atoms with van der Waals surface area (Å²) in [5.41, 5.74) is 0.168. The van der Waals surface area contributed by atoms with E-state index < -0.39 is 30.6 Å². The second-order valence-corrected chi connectivity index (χ2v) is 3.83. The zero-order valence-electron chi connectivity index (χ0n) is 10.6. The average molecular weight is 304 g/mol. The van der Waals surface area contributed by atoms with E-state index in [1.165, 1.54) is 6.92 Å². The first-order valence-corrected chi connectivity index (χ1v) is 5.44. The number of hydrogen-bond donors (Lipinski definition) is 0. The van der Waals surface area contributed by atoms with Crippen LogP contribution < -0.4 is 0 Å². The number of unbranched alkanes of at least 4 members (excludes halogenated alkanes) is 1. The minimum atomic E-state index is -5.99. The van der Waals surface area contributed by atoms with Gasteiger partial charge in [-0.15, -0.1) is 0 Å². The summed E-state index contributed by atoms with van der Waals surface area (Å²) in [5.74, 6) is -8.83. The van der Waals surface area contributed by atoms with Gasteiger partial charge in [-0.3, -0.25) is 0 Å².